The molecule has 3 nitrogen and oxygen atoms in total. The fraction of sp³-hybridized carbons (Fsp3) is 0.462. The first-order chi connectivity index (χ1) is 8.15. The van der Waals surface area contributed by atoms with Gasteiger partial charge in [0.1, 0.15) is 0 Å². The van der Waals surface area contributed by atoms with Crippen LogP contribution in [0, 0.1) is 0 Å². The number of hydrogen-bond acceptors (Lipinski definition) is 2. The summed E-state index contributed by atoms with van der Waals surface area (Å²) in [5, 5.41) is 3.58. The number of rotatable bonds is 6. The monoisotopic (exact) mass is 255 g/mol. The third kappa shape index (κ3) is 5.20. The minimum Gasteiger partial charge on any atom is -0.383 e. The summed E-state index contributed by atoms with van der Waals surface area (Å²) in [5.41, 5.74) is 0.919. The number of carbonyl (C=O) groups is 1. The standard InChI is InChI=1S/C13H18ClNO2/c1-3-12(9-17-2)15-13(16)8-10-5-4-6-11(14)7-10/h4-7,12H,3,8-9H2,1-2H3,(H,15,16). The molecule has 1 aromatic carbocycles. The Hall–Kier alpha value is -1.06. The lowest BCUT2D eigenvalue weighted by Gasteiger charge is -2.15. The number of nitrogens with one attached hydrogen (secondary N) is 1. The predicted octanol–water partition coefficient (Wildman–Crippen LogP) is 2.42. The largest absolute Gasteiger partial charge is 0.383 e. The zero-order chi connectivity index (χ0) is 12.7. The van der Waals surface area contributed by atoms with Crippen molar-refractivity contribution in [1.29, 1.82) is 0 Å². The topological polar surface area (TPSA) is 38.3 Å². The van der Waals surface area contributed by atoms with Crippen molar-refractivity contribution in [3.63, 3.8) is 0 Å². The van der Waals surface area contributed by atoms with Gasteiger partial charge < -0.3 is 10.1 Å². The van der Waals surface area contributed by atoms with E-state index in [9.17, 15) is 4.79 Å². The molecular weight excluding hydrogens is 238 g/mol. The number of methoxy groups -OCH3 is 1. The molecule has 0 radical (unpaired) electrons. The number of carbonyl (C=O) groups excluding carboxylic acids is 1. The first kappa shape index (κ1) is 14.0. The van der Waals surface area contributed by atoms with Crippen LogP contribution in [0.25, 0.3) is 0 Å². The van der Waals surface area contributed by atoms with Crippen molar-refractivity contribution in [3.05, 3.63) is 34.9 Å². The van der Waals surface area contributed by atoms with Crippen LogP contribution in [-0.2, 0) is 16.0 Å². The molecule has 0 heterocycles. The van der Waals surface area contributed by atoms with Crippen molar-refractivity contribution in [1.82, 2.24) is 5.32 Å². The second-order valence-electron chi connectivity index (χ2n) is 3.93. The maximum atomic E-state index is 11.8. The second-order valence-corrected chi connectivity index (χ2v) is 4.37. The van der Waals surface area contributed by atoms with Crippen LogP contribution in [0.3, 0.4) is 0 Å². The Kier molecular flexibility index (Phi) is 6.01. The lowest BCUT2D eigenvalue weighted by atomic mass is 10.1. The van der Waals surface area contributed by atoms with Crippen molar-refractivity contribution in [3.8, 4) is 0 Å². The summed E-state index contributed by atoms with van der Waals surface area (Å²) in [7, 11) is 1.63. The molecule has 17 heavy (non-hydrogen) atoms. The molecule has 1 aromatic rings. The van der Waals surface area contributed by atoms with Crippen LogP contribution >= 0.6 is 11.6 Å². The third-order valence-electron chi connectivity index (χ3n) is 2.48. The van der Waals surface area contributed by atoms with E-state index < -0.39 is 0 Å². The number of hydrogen-bond donors (Lipinski definition) is 1. The summed E-state index contributed by atoms with van der Waals surface area (Å²) in [4.78, 5) is 11.8. The highest BCUT2D eigenvalue weighted by molar-refractivity contribution is 6.30. The maximum Gasteiger partial charge on any atom is 0.224 e. The van der Waals surface area contributed by atoms with Crippen LogP contribution in [0.1, 0.15) is 18.9 Å². The molecule has 0 bridgehead atoms. The lowest BCUT2D eigenvalue weighted by molar-refractivity contribution is -0.121. The van der Waals surface area contributed by atoms with Gasteiger partial charge >= 0.3 is 0 Å². The average molecular weight is 256 g/mol. The van der Waals surface area contributed by atoms with Gasteiger partial charge in [0.25, 0.3) is 0 Å². The molecule has 0 aliphatic heterocycles. The summed E-state index contributed by atoms with van der Waals surface area (Å²) in [6.07, 6.45) is 1.20. The van der Waals surface area contributed by atoms with Crippen LogP contribution in [-0.4, -0.2) is 25.7 Å². The minimum atomic E-state index is -0.00355. The first-order valence-electron chi connectivity index (χ1n) is 5.68. The zero-order valence-electron chi connectivity index (χ0n) is 10.2. The molecule has 1 unspecified atom stereocenters. The highest BCUT2D eigenvalue weighted by Crippen LogP contribution is 2.11. The highest BCUT2D eigenvalue weighted by atomic mass is 35.5. The summed E-state index contributed by atoms with van der Waals surface area (Å²) in [5.74, 6) is -0.00355. The zero-order valence-corrected chi connectivity index (χ0v) is 11.0. The van der Waals surface area contributed by atoms with Crippen LogP contribution in [0.2, 0.25) is 5.02 Å². The Morgan fingerprint density at radius 1 is 1.53 bits per heavy atom. The van der Waals surface area contributed by atoms with E-state index in [1.165, 1.54) is 0 Å². The fourth-order valence-corrected chi connectivity index (χ4v) is 1.79. The van der Waals surface area contributed by atoms with E-state index in [0.717, 1.165) is 12.0 Å². The molecule has 4 heteroatoms. The van der Waals surface area contributed by atoms with Gasteiger partial charge in [-0.25, -0.2) is 0 Å². The van der Waals surface area contributed by atoms with Crippen LogP contribution < -0.4 is 5.32 Å². The smallest absolute Gasteiger partial charge is 0.224 e. The molecule has 0 saturated heterocycles. The molecule has 1 atom stereocenters. The third-order valence-corrected chi connectivity index (χ3v) is 2.71. The van der Waals surface area contributed by atoms with Gasteiger partial charge in [0, 0.05) is 12.1 Å². The van der Waals surface area contributed by atoms with Crippen LogP contribution in [0.5, 0.6) is 0 Å². The van der Waals surface area contributed by atoms with Crippen LogP contribution in [0.4, 0.5) is 0 Å². The Balaban J connectivity index is 2.49. The van der Waals surface area contributed by atoms with Gasteiger partial charge in [-0.3, -0.25) is 4.79 Å². The first-order valence-corrected chi connectivity index (χ1v) is 6.06. The van der Waals surface area contributed by atoms with Gasteiger partial charge in [-0.1, -0.05) is 30.7 Å². The maximum absolute atomic E-state index is 11.8. The quantitative estimate of drug-likeness (QED) is 0.848. The summed E-state index contributed by atoms with van der Waals surface area (Å²) >= 11 is 5.86. The van der Waals surface area contributed by atoms with Gasteiger partial charge in [-0.2, -0.15) is 0 Å². The Morgan fingerprint density at radius 2 is 2.29 bits per heavy atom. The number of amides is 1. The van der Waals surface area contributed by atoms with Crippen LogP contribution in [0.15, 0.2) is 24.3 Å². The van der Waals surface area contributed by atoms with Gasteiger partial charge in [-0.05, 0) is 24.1 Å². The molecular formula is C13H18ClNO2. The summed E-state index contributed by atoms with van der Waals surface area (Å²) in [6, 6.07) is 7.41. The SMILES string of the molecule is CCC(COC)NC(=O)Cc1cccc(Cl)c1. The van der Waals surface area contributed by atoms with Gasteiger partial charge in [0.15, 0.2) is 0 Å². The predicted molar refractivity (Wildman–Crippen MR) is 69.3 cm³/mol. The Bertz CT molecular complexity index is 368. The van der Waals surface area contributed by atoms with Crippen molar-refractivity contribution >= 4 is 17.5 Å². The van der Waals surface area contributed by atoms with E-state index in [1.807, 2.05) is 19.1 Å². The molecule has 0 aliphatic carbocycles. The molecule has 1 amide bonds. The van der Waals surface area contributed by atoms with E-state index in [0.29, 0.717) is 18.1 Å². The minimum absolute atomic E-state index is 0.00355. The van der Waals surface area contributed by atoms with E-state index in [-0.39, 0.29) is 11.9 Å². The normalized spacial score (nSPS) is 12.2. The Labute approximate surface area is 107 Å². The summed E-state index contributed by atoms with van der Waals surface area (Å²) in [6.45, 7) is 2.56. The molecule has 0 aliphatic rings. The van der Waals surface area contributed by atoms with Crippen molar-refractivity contribution < 1.29 is 9.53 Å². The number of halogens is 1. The van der Waals surface area contributed by atoms with Crippen molar-refractivity contribution in [2.45, 2.75) is 25.8 Å². The van der Waals surface area contributed by atoms with Gasteiger partial charge in [-0.15, -0.1) is 0 Å². The van der Waals surface area contributed by atoms with E-state index in [1.54, 1.807) is 19.2 Å². The number of benzene rings is 1. The highest BCUT2D eigenvalue weighted by Gasteiger charge is 2.10. The van der Waals surface area contributed by atoms with E-state index >= 15 is 0 Å². The molecule has 0 fully saturated rings. The van der Waals surface area contributed by atoms with E-state index in [2.05, 4.69) is 5.32 Å². The molecule has 0 saturated carbocycles. The lowest BCUT2D eigenvalue weighted by Crippen LogP contribution is -2.38. The number of ether oxygens (including phenoxy) is 1. The van der Waals surface area contributed by atoms with Crippen molar-refractivity contribution in [2.24, 2.45) is 0 Å². The summed E-state index contributed by atoms with van der Waals surface area (Å²) < 4.78 is 5.03. The second kappa shape index (κ2) is 7.30. The Morgan fingerprint density at radius 3 is 2.88 bits per heavy atom. The molecule has 94 valence electrons. The van der Waals surface area contributed by atoms with Gasteiger partial charge in [0.2, 0.25) is 5.91 Å². The molecule has 0 aromatic heterocycles. The van der Waals surface area contributed by atoms with E-state index in [4.69, 9.17) is 16.3 Å². The molecule has 0 spiro atoms. The molecule has 1 N–H and O–H groups in total. The van der Waals surface area contributed by atoms with Gasteiger partial charge in [0.05, 0.1) is 19.1 Å². The molecule has 1 rings (SSSR count). The fourth-order valence-electron chi connectivity index (χ4n) is 1.57. The van der Waals surface area contributed by atoms with Crippen molar-refractivity contribution in [2.75, 3.05) is 13.7 Å². The average Bonchev–Trinajstić information content (AvgIpc) is 2.28.